The van der Waals surface area contributed by atoms with E-state index in [9.17, 15) is 13.2 Å². The largest absolute Gasteiger partial charge is 0.375 e. The van der Waals surface area contributed by atoms with Crippen LogP contribution in [0.4, 0.5) is 18.9 Å². The second kappa shape index (κ2) is 4.71. The van der Waals surface area contributed by atoms with Crippen molar-refractivity contribution in [3.05, 3.63) is 29.6 Å². The normalized spacial score (nSPS) is 21.2. The lowest BCUT2D eigenvalue weighted by Crippen LogP contribution is -2.43. The van der Waals surface area contributed by atoms with Crippen molar-refractivity contribution in [3.8, 4) is 0 Å². The number of nitrogens with two attached hydrogens (primary N) is 1. The molecular formula is C14H19F3N2. The second-order valence-corrected chi connectivity index (χ2v) is 5.57. The van der Waals surface area contributed by atoms with Crippen molar-refractivity contribution in [1.82, 2.24) is 0 Å². The molecule has 2 N–H and O–H groups in total. The fourth-order valence-electron chi connectivity index (χ4n) is 2.53. The van der Waals surface area contributed by atoms with E-state index < -0.39 is 11.5 Å². The van der Waals surface area contributed by atoms with E-state index in [2.05, 4.69) is 0 Å². The molecule has 2 rings (SSSR count). The Kier molecular flexibility index (Phi) is 3.51. The summed E-state index contributed by atoms with van der Waals surface area (Å²) in [6, 6.07) is 4.76. The number of rotatable bonds is 2. The average molecular weight is 272 g/mol. The Balaban J connectivity index is 2.25. The first-order chi connectivity index (χ1) is 8.73. The highest BCUT2D eigenvalue weighted by atomic mass is 19.3. The molecule has 1 aromatic rings. The molecule has 0 amide bonds. The maximum absolute atomic E-state index is 13.9. The molecule has 0 saturated heterocycles. The predicted octanol–water partition coefficient (Wildman–Crippen LogP) is 3.26. The molecule has 19 heavy (non-hydrogen) atoms. The van der Waals surface area contributed by atoms with Crippen LogP contribution in [0, 0.1) is 5.82 Å². The summed E-state index contributed by atoms with van der Waals surface area (Å²) < 4.78 is 40.3. The number of hydrogen-bond acceptors (Lipinski definition) is 2. The molecule has 1 aliphatic carbocycles. The number of halogens is 3. The highest BCUT2D eigenvalue weighted by molar-refractivity contribution is 5.49. The molecule has 0 radical (unpaired) electrons. The molecule has 2 nitrogen and oxygen atoms in total. The van der Waals surface area contributed by atoms with Gasteiger partial charge in [0.15, 0.2) is 0 Å². The fourth-order valence-corrected chi connectivity index (χ4v) is 2.53. The zero-order valence-electron chi connectivity index (χ0n) is 11.2. The number of alkyl halides is 2. The van der Waals surface area contributed by atoms with Crippen LogP contribution >= 0.6 is 0 Å². The van der Waals surface area contributed by atoms with Crippen molar-refractivity contribution in [2.45, 2.75) is 37.1 Å². The first-order valence-corrected chi connectivity index (χ1v) is 6.38. The zero-order chi connectivity index (χ0) is 14.3. The minimum atomic E-state index is -2.63. The topological polar surface area (TPSA) is 29.3 Å². The van der Waals surface area contributed by atoms with Gasteiger partial charge in [0.05, 0.1) is 5.69 Å². The lowest BCUT2D eigenvalue weighted by molar-refractivity contribution is -0.0514. The number of hydrogen-bond donors (Lipinski definition) is 1. The monoisotopic (exact) mass is 272 g/mol. The van der Waals surface area contributed by atoms with Gasteiger partial charge >= 0.3 is 0 Å². The maximum Gasteiger partial charge on any atom is 0.248 e. The minimum absolute atomic E-state index is 0.181. The number of benzene rings is 1. The zero-order valence-corrected chi connectivity index (χ0v) is 11.2. The lowest BCUT2D eigenvalue weighted by atomic mass is 9.76. The van der Waals surface area contributed by atoms with Crippen LogP contribution in [-0.4, -0.2) is 20.0 Å². The Morgan fingerprint density at radius 2 is 1.68 bits per heavy atom. The van der Waals surface area contributed by atoms with Gasteiger partial charge in [0, 0.05) is 32.5 Å². The van der Waals surface area contributed by atoms with Gasteiger partial charge in [-0.15, -0.1) is 0 Å². The van der Waals surface area contributed by atoms with Crippen molar-refractivity contribution in [1.29, 1.82) is 0 Å². The van der Waals surface area contributed by atoms with E-state index in [1.807, 2.05) is 0 Å². The van der Waals surface area contributed by atoms with Crippen LogP contribution in [0.25, 0.3) is 0 Å². The Morgan fingerprint density at radius 1 is 1.11 bits per heavy atom. The highest BCUT2D eigenvalue weighted by Gasteiger charge is 2.42. The first kappa shape index (κ1) is 14.2. The molecule has 1 aromatic carbocycles. The summed E-state index contributed by atoms with van der Waals surface area (Å²) in [4.78, 5) is 1.66. The van der Waals surface area contributed by atoms with Crippen molar-refractivity contribution < 1.29 is 13.2 Å². The lowest BCUT2D eigenvalue weighted by Gasteiger charge is -2.37. The van der Waals surface area contributed by atoms with E-state index in [0.717, 1.165) is 0 Å². The van der Waals surface area contributed by atoms with Crippen molar-refractivity contribution in [3.63, 3.8) is 0 Å². The van der Waals surface area contributed by atoms with E-state index in [1.165, 1.54) is 6.07 Å². The SMILES string of the molecule is CN(C)c1ccc(C2(N)CCC(F)(F)CC2)cc1F. The summed E-state index contributed by atoms with van der Waals surface area (Å²) in [5.74, 6) is -3.00. The standard InChI is InChI=1S/C14H19F3N2/c1-19(2)12-4-3-10(9-11(12)15)13(18)5-7-14(16,17)8-6-13/h3-4,9H,5-8,18H2,1-2H3. The first-order valence-electron chi connectivity index (χ1n) is 6.38. The molecule has 0 aromatic heterocycles. The van der Waals surface area contributed by atoms with Gasteiger partial charge in [-0.2, -0.15) is 0 Å². The van der Waals surface area contributed by atoms with E-state index in [4.69, 9.17) is 5.73 Å². The molecule has 0 atom stereocenters. The molecule has 0 unspecified atom stereocenters. The smallest absolute Gasteiger partial charge is 0.248 e. The third-order valence-electron chi connectivity index (χ3n) is 3.88. The summed E-state index contributed by atoms with van der Waals surface area (Å²) in [5, 5.41) is 0. The van der Waals surface area contributed by atoms with Crippen LogP contribution in [-0.2, 0) is 5.54 Å². The van der Waals surface area contributed by atoms with Crippen LogP contribution in [0.3, 0.4) is 0 Å². The third-order valence-corrected chi connectivity index (χ3v) is 3.88. The molecule has 0 heterocycles. The molecule has 1 fully saturated rings. The van der Waals surface area contributed by atoms with Gasteiger partial charge in [0.25, 0.3) is 0 Å². The summed E-state index contributed by atoms with van der Waals surface area (Å²) in [5.41, 5.74) is 6.41. The molecule has 1 aliphatic rings. The number of anilines is 1. The van der Waals surface area contributed by atoms with Gasteiger partial charge in [-0.25, -0.2) is 13.2 Å². The van der Waals surface area contributed by atoms with Gasteiger partial charge in [0.1, 0.15) is 5.82 Å². The summed E-state index contributed by atoms with van der Waals surface area (Å²) >= 11 is 0. The molecule has 5 heteroatoms. The van der Waals surface area contributed by atoms with Gasteiger partial charge < -0.3 is 10.6 Å². The summed E-state index contributed by atoms with van der Waals surface area (Å²) in [7, 11) is 3.49. The quantitative estimate of drug-likeness (QED) is 0.895. The Hall–Kier alpha value is -1.23. The summed E-state index contributed by atoms with van der Waals surface area (Å²) in [6.45, 7) is 0. The predicted molar refractivity (Wildman–Crippen MR) is 70.0 cm³/mol. The van der Waals surface area contributed by atoms with Crippen LogP contribution in [0.15, 0.2) is 18.2 Å². The van der Waals surface area contributed by atoms with Gasteiger partial charge in [-0.3, -0.25) is 0 Å². The van der Waals surface area contributed by atoms with Gasteiger partial charge in [-0.1, -0.05) is 6.07 Å². The Morgan fingerprint density at radius 3 is 2.16 bits per heavy atom. The molecule has 106 valence electrons. The average Bonchev–Trinajstić information content (AvgIpc) is 2.33. The molecular weight excluding hydrogens is 253 g/mol. The molecule has 0 spiro atoms. The van der Waals surface area contributed by atoms with Gasteiger partial charge in [0.2, 0.25) is 5.92 Å². The second-order valence-electron chi connectivity index (χ2n) is 5.57. The van der Waals surface area contributed by atoms with E-state index in [0.29, 0.717) is 11.3 Å². The van der Waals surface area contributed by atoms with Crippen LogP contribution in [0.2, 0.25) is 0 Å². The fraction of sp³-hybridized carbons (Fsp3) is 0.571. The van der Waals surface area contributed by atoms with Crippen LogP contribution in [0.1, 0.15) is 31.2 Å². The molecule has 0 bridgehead atoms. The Bertz CT molecular complexity index is 462. The van der Waals surface area contributed by atoms with E-state index in [1.54, 1.807) is 31.1 Å². The Labute approximate surface area is 111 Å². The van der Waals surface area contributed by atoms with E-state index in [-0.39, 0.29) is 31.5 Å². The molecule has 1 saturated carbocycles. The third kappa shape index (κ3) is 2.86. The summed E-state index contributed by atoms with van der Waals surface area (Å²) in [6.07, 6.45) is -0.109. The maximum atomic E-state index is 13.9. The van der Waals surface area contributed by atoms with Crippen LogP contribution in [0.5, 0.6) is 0 Å². The van der Waals surface area contributed by atoms with Crippen LogP contribution < -0.4 is 10.6 Å². The molecule has 0 aliphatic heterocycles. The van der Waals surface area contributed by atoms with Crippen molar-refractivity contribution in [2.75, 3.05) is 19.0 Å². The van der Waals surface area contributed by atoms with E-state index >= 15 is 0 Å². The highest BCUT2D eigenvalue weighted by Crippen LogP contribution is 2.42. The minimum Gasteiger partial charge on any atom is -0.375 e. The van der Waals surface area contributed by atoms with Gasteiger partial charge in [-0.05, 0) is 30.5 Å². The van der Waals surface area contributed by atoms with Crippen molar-refractivity contribution in [2.24, 2.45) is 5.73 Å². The van der Waals surface area contributed by atoms with Crippen molar-refractivity contribution >= 4 is 5.69 Å². The number of nitrogens with zero attached hydrogens (tertiary/aromatic N) is 1.